The Labute approximate surface area is 95.6 Å². The van der Waals surface area contributed by atoms with Crippen molar-refractivity contribution >= 4 is 16.3 Å². The van der Waals surface area contributed by atoms with E-state index >= 15 is 0 Å². The summed E-state index contributed by atoms with van der Waals surface area (Å²) in [4.78, 5) is 11.0. The number of carbonyl (C=O) groups is 1. The van der Waals surface area contributed by atoms with Crippen LogP contribution in [0.15, 0.2) is 0 Å². The van der Waals surface area contributed by atoms with E-state index in [2.05, 4.69) is 4.74 Å². The van der Waals surface area contributed by atoms with E-state index in [0.29, 0.717) is 0 Å². The highest BCUT2D eigenvalue weighted by Crippen LogP contribution is 2.14. The predicted octanol–water partition coefficient (Wildman–Crippen LogP) is -0.320. The van der Waals surface area contributed by atoms with Crippen molar-refractivity contribution in [1.82, 2.24) is 9.03 Å². The summed E-state index contributed by atoms with van der Waals surface area (Å²) in [6, 6.07) is 0. The number of hydrogen-bond acceptors (Lipinski definition) is 5. The number of likely N-dealkylation sites (N-methyl/N-ethyl adjacent to an activating group) is 1. The van der Waals surface area contributed by atoms with E-state index in [1.54, 1.807) is 11.6 Å². The Balaban J connectivity index is 4.74. The van der Waals surface area contributed by atoms with E-state index in [0.717, 1.165) is 4.31 Å². The number of aliphatic hydroxyl groups is 1. The first-order valence-corrected chi connectivity index (χ1v) is 6.15. The van der Waals surface area contributed by atoms with Crippen molar-refractivity contribution in [2.45, 2.75) is 26.3 Å². The van der Waals surface area contributed by atoms with Crippen molar-refractivity contribution in [2.75, 3.05) is 20.3 Å². The fourth-order valence-corrected chi connectivity index (χ4v) is 1.87. The van der Waals surface area contributed by atoms with Gasteiger partial charge in [-0.3, -0.25) is 0 Å². The normalized spacial score (nSPS) is 12.6. The Morgan fingerprint density at radius 2 is 2.00 bits per heavy atom. The average Bonchev–Trinajstić information content (AvgIpc) is 2.16. The summed E-state index contributed by atoms with van der Waals surface area (Å²) in [5.41, 5.74) is -1.00. The Kier molecular flexibility index (Phi) is 5.17. The van der Waals surface area contributed by atoms with Gasteiger partial charge in [0.2, 0.25) is 0 Å². The number of aliphatic hydroxyl groups excluding tert-OH is 1. The number of nitrogens with one attached hydrogen (secondary N) is 1. The van der Waals surface area contributed by atoms with Gasteiger partial charge in [0, 0.05) is 7.05 Å². The SMILES string of the molecule is CCOC(=O)NS(=O)(=O)N(C)C(C)(C)CO. The zero-order valence-electron chi connectivity index (χ0n) is 9.85. The van der Waals surface area contributed by atoms with Gasteiger partial charge in [0.1, 0.15) is 0 Å². The van der Waals surface area contributed by atoms with Gasteiger partial charge in [0.05, 0.1) is 18.8 Å². The quantitative estimate of drug-likeness (QED) is 0.701. The molecule has 0 aliphatic rings. The lowest BCUT2D eigenvalue weighted by atomic mass is 10.1. The lowest BCUT2D eigenvalue weighted by Gasteiger charge is -2.32. The summed E-state index contributed by atoms with van der Waals surface area (Å²) < 4.78 is 30.3. The van der Waals surface area contributed by atoms with Gasteiger partial charge in [-0.2, -0.15) is 12.7 Å². The molecule has 0 atom stereocenters. The van der Waals surface area contributed by atoms with Crippen LogP contribution in [-0.4, -0.2) is 49.7 Å². The van der Waals surface area contributed by atoms with Gasteiger partial charge in [0.25, 0.3) is 0 Å². The summed E-state index contributed by atoms with van der Waals surface area (Å²) in [5, 5.41) is 9.02. The van der Waals surface area contributed by atoms with E-state index in [1.807, 2.05) is 0 Å². The highest BCUT2D eigenvalue weighted by Gasteiger charge is 2.33. The third kappa shape index (κ3) is 3.95. The molecule has 0 fully saturated rings. The van der Waals surface area contributed by atoms with Crippen molar-refractivity contribution in [3.05, 3.63) is 0 Å². The molecule has 2 N–H and O–H groups in total. The van der Waals surface area contributed by atoms with Gasteiger partial charge in [-0.25, -0.2) is 9.52 Å². The molecule has 0 bridgehead atoms. The standard InChI is InChI=1S/C8H18N2O5S/c1-5-15-7(12)9-16(13,14)10(4)8(2,3)6-11/h11H,5-6H2,1-4H3,(H,9,12). The fraction of sp³-hybridized carbons (Fsp3) is 0.875. The first-order valence-electron chi connectivity index (χ1n) is 4.71. The predicted molar refractivity (Wildman–Crippen MR) is 58.0 cm³/mol. The highest BCUT2D eigenvalue weighted by atomic mass is 32.2. The molecular weight excluding hydrogens is 236 g/mol. The maximum atomic E-state index is 11.6. The maximum absolute atomic E-state index is 11.6. The molecule has 1 amide bonds. The zero-order valence-corrected chi connectivity index (χ0v) is 10.7. The second-order valence-electron chi connectivity index (χ2n) is 3.77. The molecule has 8 heteroatoms. The minimum Gasteiger partial charge on any atom is -0.449 e. The van der Waals surface area contributed by atoms with Crippen LogP contribution in [-0.2, 0) is 14.9 Å². The van der Waals surface area contributed by atoms with Gasteiger partial charge in [-0.1, -0.05) is 0 Å². The Bertz CT molecular complexity index is 338. The molecule has 0 unspecified atom stereocenters. The summed E-state index contributed by atoms with van der Waals surface area (Å²) in [6.07, 6.45) is -1.04. The molecule has 0 heterocycles. The topological polar surface area (TPSA) is 95.9 Å². The van der Waals surface area contributed by atoms with Gasteiger partial charge in [-0.15, -0.1) is 0 Å². The third-order valence-electron chi connectivity index (χ3n) is 2.09. The van der Waals surface area contributed by atoms with Crippen molar-refractivity contribution in [3.8, 4) is 0 Å². The van der Waals surface area contributed by atoms with Crippen LogP contribution in [0, 0.1) is 0 Å². The molecule has 0 aromatic rings. The van der Waals surface area contributed by atoms with E-state index < -0.39 is 21.8 Å². The minimum absolute atomic E-state index is 0.0778. The van der Waals surface area contributed by atoms with Crippen molar-refractivity contribution < 1.29 is 23.1 Å². The number of nitrogens with zero attached hydrogens (tertiary/aromatic N) is 1. The van der Waals surface area contributed by atoms with Crippen LogP contribution in [0.3, 0.4) is 0 Å². The van der Waals surface area contributed by atoms with Crippen LogP contribution in [0.25, 0.3) is 0 Å². The molecule has 0 rings (SSSR count). The van der Waals surface area contributed by atoms with Crippen LogP contribution in [0.2, 0.25) is 0 Å². The molecule has 7 nitrogen and oxygen atoms in total. The molecule has 96 valence electrons. The second kappa shape index (κ2) is 5.46. The van der Waals surface area contributed by atoms with Gasteiger partial charge < -0.3 is 9.84 Å². The van der Waals surface area contributed by atoms with Crippen molar-refractivity contribution in [3.63, 3.8) is 0 Å². The Morgan fingerprint density at radius 3 is 2.38 bits per heavy atom. The molecule has 0 spiro atoms. The van der Waals surface area contributed by atoms with Crippen LogP contribution in [0.1, 0.15) is 20.8 Å². The third-order valence-corrected chi connectivity index (χ3v) is 3.73. The molecule has 0 saturated heterocycles. The second-order valence-corrected chi connectivity index (χ2v) is 5.47. The highest BCUT2D eigenvalue weighted by molar-refractivity contribution is 7.87. The molecule has 0 aromatic heterocycles. The number of hydrogen-bond donors (Lipinski definition) is 2. The van der Waals surface area contributed by atoms with Crippen LogP contribution in [0.5, 0.6) is 0 Å². The van der Waals surface area contributed by atoms with Gasteiger partial charge in [-0.05, 0) is 20.8 Å². The van der Waals surface area contributed by atoms with E-state index in [1.165, 1.54) is 20.9 Å². The number of amides is 1. The number of carbonyl (C=O) groups excluding carboxylic acids is 1. The van der Waals surface area contributed by atoms with Crippen molar-refractivity contribution in [1.29, 1.82) is 0 Å². The smallest absolute Gasteiger partial charge is 0.421 e. The molecular formula is C8H18N2O5S. The summed E-state index contributed by atoms with van der Waals surface area (Å²) in [7, 11) is -2.74. The lowest BCUT2D eigenvalue weighted by molar-refractivity contribution is 0.134. The Hall–Kier alpha value is -0.860. The summed E-state index contributed by atoms with van der Waals surface area (Å²) in [6.45, 7) is 4.32. The fourth-order valence-electron chi connectivity index (χ4n) is 0.759. The number of rotatable bonds is 5. The molecule has 0 radical (unpaired) electrons. The molecule has 0 saturated carbocycles. The minimum atomic E-state index is -4.00. The first-order chi connectivity index (χ1) is 7.17. The van der Waals surface area contributed by atoms with E-state index in [-0.39, 0.29) is 13.2 Å². The van der Waals surface area contributed by atoms with Gasteiger partial charge >= 0.3 is 16.3 Å². The van der Waals surface area contributed by atoms with Crippen LogP contribution < -0.4 is 4.72 Å². The first kappa shape index (κ1) is 15.1. The monoisotopic (exact) mass is 254 g/mol. The number of ether oxygens (including phenoxy) is 1. The maximum Gasteiger partial charge on any atom is 0.421 e. The average molecular weight is 254 g/mol. The van der Waals surface area contributed by atoms with Crippen LogP contribution >= 0.6 is 0 Å². The summed E-state index contributed by atoms with van der Waals surface area (Å²) >= 11 is 0. The van der Waals surface area contributed by atoms with Gasteiger partial charge in [0.15, 0.2) is 0 Å². The van der Waals surface area contributed by atoms with E-state index in [4.69, 9.17) is 5.11 Å². The molecule has 0 aliphatic heterocycles. The molecule has 0 aliphatic carbocycles. The zero-order chi connectivity index (χ0) is 13.0. The van der Waals surface area contributed by atoms with Crippen LogP contribution in [0.4, 0.5) is 4.79 Å². The largest absolute Gasteiger partial charge is 0.449 e. The van der Waals surface area contributed by atoms with Crippen molar-refractivity contribution in [2.24, 2.45) is 0 Å². The molecule has 0 aromatic carbocycles. The summed E-state index contributed by atoms with van der Waals surface area (Å²) in [5.74, 6) is 0. The molecule has 16 heavy (non-hydrogen) atoms. The Morgan fingerprint density at radius 1 is 1.50 bits per heavy atom. The van der Waals surface area contributed by atoms with E-state index in [9.17, 15) is 13.2 Å². The lowest BCUT2D eigenvalue weighted by Crippen LogP contribution is -2.53.